The second-order valence-corrected chi connectivity index (χ2v) is 3.16. The Labute approximate surface area is 82.3 Å². The number of fused-ring (bicyclic) bond motifs is 1. The maximum Gasteiger partial charge on any atom is 0.162 e. The van der Waals surface area contributed by atoms with Gasteiger partial charge in [-0.3, -0.25) is 0 Å². The van der Waals surface area contributed by atoms with Gasteiger partial charge in [0.05, 0.1) is 0 Å². The number of hydrogen-bond acceptors (Lipinski definition) is 3. The highest BCUT2D eigenvalue weighted by atomic mass is 14.9. The predicted octanol–water partition coefficient (Wildman–Crippen LogP) is 2.16. The first-order valence-corrected chi connectivity index (χ1v) is 4.37. The molecule has 0 spiro atoms. The van der Waals surface area contributed by atoms with Gasteiger partial charge in [0.25, 0.3) is 0 Å². The minimum absolute atomic E-state index is 0.491. The first kappa shape index (κ1) is 8.69. The number of nitrogen functional groups attached to an aromatic ring is 1. The SMILES string of the molecule is C=Cc1cc(C)nc2nc(N)ccc12. The molecule has 14 heavy (non-hydrogen) atoms. The van der Waals surface area contributed by atoms with Gasteiger partial charge in [0.1, 0.15) is 5.82 Å². The van der Waals surface area contributed by atoms with Gasteiger partial charge in [-0.05, 0) is 30.7 Å². The lowest BCUT2D eigenvalue weighted by Gasteiger charge is -2.03. The molecule has 0 fully saturated rings. The summed E-state index contributed by atoms with van der Waals surface area (Å²) >= 11 is 0. The molecule has 2 aromatic heterocycles. The molecular formula is C11H11N3. The largest absolute Gasteiger partial charge is 0.384 e. The van der Waals surface area contributed by atoms with E-state index < -0.39 is 0 Å². The fraction of sp³-hybridized carbons (Fsp3) is 0.0909. The molecule has 2 heterocycles. The molecule has 0 bridgehead atoms. The number of pyridine rings is 2. The van der Waals surface area contributed by atoms with Crippen LogP contribution in [0.1, 0.15) is 11.3 Å². The molecule has 0 atom stereocenters. The fourth-order valence-electron chi connectivity index (χ4n) is 1.44. The molecule has 3 nitrogen and oxygen atoms in total. The summed E-state index contributed by atoms with van der Waals surface area (Å²) in [5, 5.41) is 0.986. The second-order valence-electron chi connectivity index (χ2n) is 3.16. The third kappa shape index (κ3) is 1.33. The van der Waals surface area contributed by atoms with Crippen LogP contribution < -0.4 is 5.73 Å². The number of anilines is 1. The van der Waals surface area contributed by atoms with Gasteiger partial charge in [0, 0.05) is 11.1 Å². The average Bonchev–Trinajstić information content (AvgIpc) is 2.15. The van der Waals surface area contributed by atoms with Crippen LogP contribution in [0.2, 0.25) is 0 Å². The van der Waals surface area contributed by atoms with Crippen molar-refractivity contribution in [3.63, 3.8) is 0 Å². The Morgan fingerprint density at radius 1 is 1.36 bits per heavy atom. The van der Waals surface area contributed by atoms with Crippen molar-refractivity contribution in [2.45, 2.75) is 6.92 Å². The third-order valence-electron chi connectivity index (χ3n) is 2.07. The van der Waals surface area contributed by atoms with E-state index in [0.717, 1.165) is 16.6 Å². The van der Waals surface area contributed by atoms with Crippen LogP contribution in [0.15, 0.2) is 24.8 Å². The molecule has 0 amide bonds. The molecule has 0 unspecified atom stereocenters. The van der Waals surface area contributed by atoms with E-state index in [4.69, 9.17) is 5.73 Å². The van der Waals surface area contributed by atoms with E-state index in [0.29, 0.717) is 11.5 Å². The van der Waals surface area contributed by atoms with Crippen LogP contribution in [0.5, 0.6) is 0 Å². The van der Waals surface area contributed by atoms with Crippen LogP contribution in [-0.4, -0.2) is 9.97 Å². The van der Waals surface area contributed by atoms with Gasteiger partial charge in [0.15, 0.2) is 5.65 Å². The van der Waals surface area contributed by atoms with Gasteiger partial charge in [-0.2, -0.15) is 0 Å². The monoisotopic (exact) mass is 185 g/mol. The molecule has 2 N–H and O–H groups in total. The minimum atomic E-state index is 0.491. The van der Waals surface area contributed by atoms with E-state index in [1.165, 1.54) is 0 Å². The molecule has 0 aliphatic rings. The van der Waals surface area contributed by atoms with Crippen molar-refractivity contribution >= 4 is 22.9 Å². The van der Waals surface area contributed by atoms with E-state index in [-0.39, 0.29) is 0 Å². The lowest BCUT2D eigenvalue weighted by molar-refractivity contribution is 1.20. The third-order valence-corrected chi connectivity index (χ3v) is 2.07. The zero-order chi connectivity index (χ0) is 10.1. The number of rotatable bonds is 1. The molecular weight excluding hydrogens is 174 g/mol. The standard InChI is InChI=1S/C11H11N3/c1-3-8-6-7(2)13-11-9(8)4-5-10(12)14-11/h3-6H,1H2,2H3,(H2,12,13,14). The molecule has 2 rings (SSSR count). The van der Waals surface area contributed by atoms with Crippen molar-refractivity contribution in [2.75, 3.05) is 5.73 Å². The van der Waals surface area contributed by atoms with Crippen LogP contribution in [0.25, 0.3) is 17.1 Å². The molecule has 70 valence electrons. The Kier molecular flexibility index (Phi) is 1.93. The molecule has 0 radical (unpaired) electrons. The van der Waals surface area contributed by atoms with Gasteiger partial charge < -0.3 is 5.73 Å². The summed E-state index contributed by atoms with van der Waals surface area (Å²) in [6.07, 6.45) is 1.80. The second kappa shape index (κ2) is 3.10. The lowest BCUT2D eigenvalue weighted by atomic mass is 10.1. The highest BCUT2D eigenvalue weighted by Crippen LogP contribution is 2.18. The van der Waals surface area contributed by atoms with E-state index >= 15 is 0 Å². The summed E-state index contributed by atoms with van der Waals surface area (Å²) in [5.74, 6) is 0.491. The van der Waals surface area contributed by atoms with Crippen molar-refractivity contribution in [1.29, 1.82) is 0 Å². The predicted molar refractivity (Wildman–Crippen MR) is 58.8 cm³/mol. The summed E-state index contributed by atoms with van der Waals surface area (Å²) in [7, 11) is 0. The highest BCUT2D eigenvalue weighted by Gasteiger charge is 2.02. The average molecular weight is 185 g/mol. The minimum Gasteiger partial charge on any atom is -0.384 e. The van der Waals surface area contributed by atoms with Gasteiger partial charge in [-0.25, -0.2) is 9.97 Å². The van der Waals surface area contributed by atoms with Crippen LogP contribution in [-0.2, 0) is 0 Å². The molecule has 2 aromatic rings. The van der Waals surface area contributed by atoms with Gasteiger partial charge in [0.2, 0.25) is 0 Å². The van der Waals surface area contributed by atoms with Crippen molar-refractivity contribution in [1.82, 2.24) is 9.97 Å². The quantitative estimate of drug-likeness (QED) is 0.740. The Morgan fingerprint density at radius 2 is 2.14 bits per heavy atom. The van der Waals surface area contributed by atoms with E-state index in [2.05, 4.69) is 16.5 Å². The Morgan fingerprint density at radius 3 is 2.86 bits per heavy atom. The molecule has 0 aliphatic heterocycles. The van der Waals surface area contributed by atoms with Crippen LogP contribution in [0.3, 0.4) is 0 Å². The molecule has 0 aliphatic carbocycles. The topological polar surface area (TPSA) is 51.8 Å². The van der Waals surface area contributed by atoms with Crippen molar-refractivity contribution in [3.8, 4) is 0 Å². The summed E-state index contributed by atoms with van der Waals surface area (Å²) in [5.41, 5.74) is 8.23. The lowest BCUT2D eigenvalue weighted by Crippen LogP contribution is -1.94. The molecule has 0 aromatic carbocycles. The first-order valence-electron chi connectivity index (χ1n) is 4.37. The van der Waals surface area contributed by atoms with Crippen LogP contribution in [0, 0.1) is 6.92 Å². The Balaban J connectivity index is 2.87. The number of hydrogen-bond donors (Lipinski definition) is 1. The van der Waals surface area contributed by atoms with Crippen LogP contribution >= 0.6 is 0 Å². The first-order chi connectivity index (χ1) is 6.70. The Hall–Kier alpha value is -1.90. The Bertz CT molecular complexity index is 498. The smallest absolute Gasteiger partial charge is 0.162 e. The maximum atomic E-state index is 5.59. The van der Waals surface area contributed by atoms with Gasteiger partial charge >= 0.3 is 0 Å². The summed E-state index contributed by atoms with van der Waals surface area (Å²) in [6, 6.07) is 5.67. The number of aryl methyl sites for hydroxylation is 1. The summed E-state index contributed by atoms with van der Waals surface area (Å²) < 4.78 is 0. The molecule has 0 saturated carbocycles. The van der Waals surface area contributed by atoms with E-state index in [1.807, 2.05) is 19.1 Å². The summed E-state index contributed by atoms with van der Waals surface area (Å²) in [6.45, 7) is 5.69. The van der Waals surface area contributed by atoms with Crippen molar-refractivity contribution < 1.29 is 0 Å². The number of nitrogens with two attached hydrogens (primary N) is 1. The zero-order valence-electron chi connectivity index (χ0n) is 7.99. The van der Waals surface area contributed by atoms with Crippen molar-refractivity contribution in [2.24, 2.45) is 0 Å². The highest BCUT2D eigenvalue weighted by molar-refractivity contribution is 5.86. The van der Waals surface area contributed by atoms with Crippen LogP contribution in [0.4, 0.5) is 5.82 Å². The van der Waals surface area contributed by atoms with E-state index in [1.54, 1.807) is 12.1 Å². The maximum absolute atomic E-state index is 5.59. The number of aromatic nitrogens is 2. The molecule has 3 heteroatoms. The number of nitrogens with zero attached hydrogens (tertiary/aromatic N) is 2. The zero-order valence-corrected chi connectivity index (χ0v) is 7.99. The van der Waals surface area contributed by atoms with Gasteiger partial charge in [-0.15, -0.1) is 0 Å². The molecule has 0 saturated heterocycles. The normalized spacial score (nSPS) is 10.4. The summed E-state index contributed by atoms with van der Waals surface area (Å²) in [4.78, 5) is 8.47. The fourth-order valence-corrected chi connectivity index (χ4v) is 1.44. The van der Waals surface area contributed by atoms with E-state index in [9.17, 15) is 0 Å². The van der Waals surface area contributed by atoms with Gasteiger partial charge in [-0.1, -0.05) is 12.7 Å². The van der Waals surface area contributed by atoms with Crippen molar-refractivity contribution in [3.05, 3.63) is 36.0 Å².